The Morgan fingerprint density at radius 1 is 1.42 bits per heavy atom. The molecule has 19 heavy (non-hydrogen) atoms. The largest absolute Gasteiger partial charge is 0.444 e. The highest BCUT2D eigenvalue weighted by Gasteiger charge is 2.15. The number of nitrogens with zero attached hydrogens (tertiary/aromatic N) is 2. The molecular weight excluding hydrogens is 268 g/mol. The molecule has 6 nitrogen and oxygen atoms in total. The fourth-order valence-corrected chi connectivity index (χ4v) is 1.41. The molecule has 0 aliphatic heterocycles. The van der Waals surface area contributed by atoms with Crippen LogP contribution in [-0.4, -0.2) is 34.8 Å². The summed E-state index contributed by atoms with van der Waals surface area (Å²) in [5, 5.41) is 6.21. The van der Waals surface area contributed by atoms with Gasteiger partial charge in [-0.3, -0.25) is 0 Å². The van der Waals surface area contributed by atoms with Crippen molar-refractivity contribution >= 4 is 23.5 Å². The first-order valence-electron chi connectivity index (χ1n) is 6.05. The molecule has 1 aromatic rings. The highest BCUT2D eigenvalue weighted by molar-refractivity contribution is 6.32. The number of aromatic nitrogens is 2. The molecule has 0 radical (unpaired) electrons. The lowest BCUT2D eigenvalue weighted by Crippen LogP contribution is -2.33. The lowest BCUT2D eigenvalue weighted by molar-refractivity contribution is 0.0528. The number of halogens is 1. The minimum atomic E-state index is -0.475. The third kappa shape index (κ3) is 6.81. The van der Waals surface area contributed by atoms with Crippen molar-refractivity contribution in [3.05, 3.63) is 17.5 Å². The molecule has 7 heteroatoms. The Kier molecular flexibility index (Phi) is 5.82. The van der Waals surface area contributed by atoms with Gasteiger partial charge in [-0.15, -0.1) is 0 Å². The van der Waals surface area contributed by atoms with E-state index in [9.17, 15) is 4.79 Å². The summed E-state index contributed by atoms with van der Waals surface area (Å²) in [4.78, 5) is 19.1. The number of hydrogen-bond acceptors (Lipinski definition) is 5. The lowest BCUT2D eigenvalue weighted by atomic mass is 10.2. The zero-order valence-corrected chi connectivity index (χ0v) is 12.1. The Morgan fingerprint density at radius 2 is 2.16 bits per heavy atom. The number of rotatable bonds is 5. The molecule has 106 valence electrons. The topological polar surface area (TPSA) is 76.1 Å². The predicted octanol–water partition coefficient (Wildman–Crippen LogP) is 2.46. The van der Waals surface area contributed by atoms with Crippen LogP contribution in [0, 0.1) is 0 Å². The Morgan fingerprint density at radius 3 is 2.79 bits per heavy atom. The second-order valence-corrected chi connectivity index (χ2v) is 5.34. The van der Waals surface area contributed by atoms with E-state index in [-0.39, 0.29) is 0 Å². The molecule has 2 N–H and O–H groups in total. The Labute approximate surface area is 117 Å². The summed E-state index contributed by atoms with van der Waals surface area (Å²) < 4.78 is 5.11. The average Bonchev–Trinajstić information content (AvgIpc) is 2.28. The van der Waals surface area contributed by atoms with Gasteiger partial charge in [0.05, 0.1) is 6.20 Å². The highest BCUT2D eigenvalue weighted by Crippen LogP contribution is 2.15. The summed E-state index contributed by atoms with van der Waals surface area (Å²) in [6, 6.07) is 0. The fourth-order valence-electron chi connectivity index (χ4n) is 1.24. The van der Waals surface area contributed by atoms with Crippen molar-refractivity contribution in [2.24, 2.45) is 0 Å². The average molecular weight is 287 g/mol. The number of alkyl carbamates (subject to hydrolysis) is 1. The van der Waals surface area contributed by atoms with Crippen LogP contribution in [0.4, 0.5) is 10.6 Å². The molecule has 1 rings (SSSR count). The number of ether oxygens (including phenoxy) is 1. The number of carbonyl (C=O) groups is 1. The Bertz CT molecular complexity index is 420. The molecule has 0 aliphatic rings. The summed E-state index contributed by atoms with van der Waals surface area (Å²) >= 11 is 5.88. The molecule has 0 aliphatic carbocycles. The first-order valence-corrected chi connectivity index (χ1v) is 6.42. The van der Waals surface area contributed by atoms with Crippen LogP contribution in [0.15, 0.2) is 12.5 Å². The maximum Gasteiger partial charge on any atom is 0.407 e. The van der Waals surface area contributed by atoms with E-state index in [2.05, 4.69) is 20.6 Å². The summed E-state index contributed by atoms with van der Waals surface area (Å²) in [5.74, 6) is 0.592. The molecule has 0 atom stereocenters. The molecule has 0 aromatic carbocycles. The highest BCUT2D eigenvalue weighted by atomic mass is 35.5. The summed E-state index contributed by atoms with van der Waals surface area (Å²) in [7, 11) is 0. The van der Waals surface area contributed by atoms with Gasteiger partial charge in [0, 0.05) is 13.1 Å². The zero-order chi connectivity index (χ0) is 14.3. The van der Waals surface area contributed by atoms with Crippen LogP contribution in [0.2, 0.25) is 5.02 Å². The van der Waals surface area contributed by atoms with Gasteiger partial charge in [-0.1, -0.05) is 11.6 Å². The lowest BCUT2D eigenvalue weighted by Gasteiger charge is -2.19. The second kappa shape index (κ2) is 7.13. The van der Waals surface area contributed by atoms with Gasteiger partial charge in [-0.2, -0.15) is 0 Å². The van der Waals surface area contributed by atoms with Crippen molar-refractivity contribution in [2.45, 2.75) is 32.8 Å². The molecule has 0 saturated carbocycles. The molecule has 0 spiro atoms. The number of amides is 1. The number of anilines is 1. The van der Waals surface area contributed by atoms with Crippen molar-refractivity contribution < 1.29 is 9.53 Å². The molecule has 1 amide bonds. The van der Waals surface area contributed by atoms with Gasteiger partial charge in [0.1, 0.15) is 22.8 Å². The second-order valence-electron chi connectivity index (χ2n) is 4.93. The van der Waals surface area contributed by atoms with Gasteiger partial charge in [0.25, 0.3) is 0 Å². The van der Waals surface area contributed by atoms with Gasteiger partial charge in [-0.05, 0) is 27.2 Å². The molecule has 1 aromatic heterocycles. The summed E-state index contributed by atoms with van der Waals surface area (Å²) in [6.07, 6.45) is 3.27. The first kappa shape index (κ1) is 15.5. The van der Waals surface area contributed by atoms with Gasteiger partial charge in [0.15, 0.2) is 0 Å². The van der Waals surface area contributed by atoms with Gasteiger partial charge < -0.3 is 15.4 Å². The SMILES string of the molecule is CC(C)(C)OC(=O)NCCCNc1ncncc1Cl. The van der Waals surface area contributed by atoms with Crippen LogP contribution in [0.25, 0.3) is 0 Å². The number of carbonyl (C=O) groups excluding carboxylic acids is 1. The maximum absolute atomic E-state index is 11.4. The van der Waals surface area contributed by atoms with Gasteiger partial charge in [0.2, 0.25) is 0 Å². The van der Waals surface area contributed by atoms with Crippen molar-refractivity contribution in [2.75, 3.05) is 18.4 Å². The van der Waals surface area contributed by atoms with Crippen LogP contribution in [0.1, 0.15) is 27.2 Å². The maximum atomic E-state index is 11.4. The molecular formula is C12H19ClN4O2. The zero-order valence-electron chi connectivity index (χ0n) is 11.4. The molecule has 0 bridgehead atoms. The van der Waals surface area contributed by atoms with Crippen molar-refractivity contribution in [1.82, 2.24) is 15.3 Å². The van der Waals surface area contributed by atoms with Crippen LogP contribution < -0.4 is 10.6 Å². The van der Waals surface area contributed by atoms with Crippen LogP contribution >= 0.6 is 11.6 Å². The van der Waals surface area contributed by atoms with Crippen molar-refractivity contribution in [3.63, 3.8) is 0 Å². The number of hydrogen-bond donors (Lipinski definition) is 2. The predicted molar refractivity (Wildman–Crippen MR) is 74.4 cm³/mol. The molecule has 0 unspecified atom stereocenters. The van der Waals surface area contributed by atoms with Crippen LogP contribution in [-0.2, 0) is 4.74 Å². The Balaban J connectivity index is 2.15. The van der Waals surface area contributed by atoms with E-state index in [1.807, 2.05) is 20.8 Å². The van der Waals surface area contributed by atoms with E-state index < -0.39 is 11.7 Å². The van der Waals surface area contributed by atoms with E-state index >= 15 is 0 Å². The van der Waals surface area contributed by atoms with E-state index in [1.54, 1.807) is 0 Å². The molecule has 1 heterocycles. The quantitative estimate of drug-likeness (QED) is 0.813. The van der Waals surface area contributed by atoms with E-state index in [0.29, 0.717) is 23.9 Å². The van der Waals surface area contributed by atoms with Crippen molar-refractivity contribution in [3.8, 4) is 0 Å². The van der Waals surface area contributed by atoms with Gasteiger partial charge in [-0.25, -0.2) is 14.8 Å². The van der Waals surface area contributed by atoms with Crippen LogP contribution in [0.3, 0.4) is 0 Å². The summed E-state index contributed by atoms with van der Waals surface area (Å²) in [5.41, 5.74) is -0.475. The van der Waals surface area contributed by atoms with E-state index in [4.69, 9.17) is 16.3 Å². The van der Waals surface area contributed by atoms with Crippen molar-refractivity contribution in [1.29, 1.82) is 0 Å². The third-order valence-corrected chi connectivity index (χ3v) is 2.26. The van der Waals surface area contributed by atoms with E-state index in [1.165, 1.54) is 12.5 Å². The van der Waals surface area contributed by atoms with Crippen LogP contribution in [0.5, 0.6) is 0 Å². The normalized spacial score (nSPS) is 10.9. The smallest absolute Gasteiger partial charge is 0.407 e. The molecule has 0 saturated heterocycles. The first-order chi connectivity index (χ1) is 8.88. The van der Waals surface area contributed by atoms with E-state index in [0.717, 1.165) is 6.42 Å². The standard InChI is InChI=1S/C12H19ClN4O2/c1-12(2,3)19-11(18)16-6-4-5-15-10-9(13)7-14-8-17-10/h7-8H,4-6H2,1-3H3,(H,16,18)(H,14,15,17). The fraction of sp³-hybridized carbons (Fsp3) is 0.583. The summed E-state index contributed by atoms with van der Waals surface area (Å²) in [6.45, 7) is 6.64. The Hall–Kier alpha value is -1.56. The number of nitrogens with one attached hydrogen (secondary N) is 2. The third-order valence-electron chi connectivity index (χ3n) is 1.98. The minimum Gasteiger partial charge on any atom is -0.444 e. The van der Waals surface area contributed by atoms with Gasteiger partial charge >= 0.3 is 6.09 Å². The monoisotopic (exact) mass is 286 g/mol. The minimum absolute atomic E-state index is 0.410. The molecule has 0 fully saturated rings.